The Kier molecular flexibility index (Phi) is 5.25. The first-order valence-electron chi connectivity index (χ1n) is 8.13. The maximum absolute atomic E-state index is 12.6. The third-order valence-corrected chi connectivity index (χ3v) is 5.88. The summed E-state index contributed by atoms with van der Waals surface area (Å²) in [5, 5.41) is 9.58. The van der Waals surface area contributed by atoms with Gasteiger partial charge in [0.05, 0.1) is 10.9 Å². The Hall–Kier alpha value is -1.60. The zero-order valence-electron chi connectivity index (χ0n) is 14.6. The highest BCUT2D eigenvalue weighted by Crippen LogP contribution is 2.30. The molecule has 1 saturated carbocycles. The lowest BCUT2D eigenvalue weighted by molar-refractivity contribution is 0.0654. The quantitative estimate of drug-likeness (QED) is 0.870. The molecule has 0 aromatic heterocycles. The molecule has 24 heavy (non-hydrogen) atoms. The summed E-state index contributed by atoms with van der Waals surface area (Å²) in [6, 6.07) is 5.87. The van der Waals surface area contributed by atoms with Crippen LogP contribution < -0.4 is 4.72 Å². The van der Waals surface area contributed by atoms with E-state index in [2.05, 4.69) is 4.72 Å². The monoisotopic (exact) mass is 354 g/mol. The van der Waals surface area contributed by atoms with Gasteiger partial charge in [0.1, 0.15) is 0 Å². The van der Waals surface area contributed by atoms with Crippen LogP contribution in [0.2, 0.25) is 0 Å². The number of hydrogen-bond acceptors (Lipinski definition) is 3. The highest BCUT2D eigenvalue weighted by molar-refractivity contribution is 7.89. The van der Waals surface area contributed by atoms with Gasteiger partial charge in [-0.05, 0) is 59.1 Å². The minimum Gasteiger partial charge on any atom is -0.465 e. The van der Waals surface area contributed by atoms with Crippen molar-refractivity contribution in [2.75, 3.05) is 0 Å². The van der Waals surface area contributed by atoms with E-state index in [9.17, 15) is 18.3 Å². The normalized spacial score (nSPS) is 21.7. The molecule has 2 rings (SSSR count). The summed E-state index contributed by atoms with van der Waals surface area (Å²) in [4.78, 5) is 13.3. The number of nitrogens with one attached hydrogen (secondary N) is 1. The number of sulfonamides is 1. The fourth-order valence-corrected chi connectivity index (χ4v) is 4.60. The van der Waals surface area contributed by atoms with Crippen molar-refractivity contribution in [3.63, 3.8) is 0 Å². The second-order valence-corrected chi connectivity index (χ2v) is 9.08. The molecule has 0 saturated heterocycles. The number of nitrogens with zero attached hydrogens (tertiary/aromatic N) is 1. The van der Waals surface area contributed by atoms with Crippen molar-refractivity contribution in [3.05, 3.63) is 29.8 Å². The van der Waals surface area contributed by atoms with Crippen LogP contribution in [0.3, 0.4) is 0 Å². The minimum atomic E-state index is -3.67. The number of rotatable bonds is 4. The summed E-state index contributed by atoms with van der Waals surface area (Å²) in [6.45, 7) is 7.37. The van der Waals surface area contributed by atoms with E-state index in [1.54, 1.807) is 24.3 Å². The van der Waals surface area contributed by atoms with Gasteiger partial charge >= 0.3 is 6.09 Å². The fourth-order valence-electron chi connectivity index (χ4n) is 3.30. The van der Waals surface area contributed by atoms with E-state index in [0.29, 0.717) is 12.8 Å². The van der Waals surface area contributed by atoms with Gasteiger partial charge in [0, 0.05) is 11.6 Å². The summed E-state index contributed by atoms with van der Waals surface area (Å²) in [5.41, 5.74) is 0.395. The third kappa shape index (κ3) is 4.08. The van der Waals surface area contributed by atoms with Gasteiger partial charge < -0.3 is 5.11 Å². The highest BCUT2D eigenvalue weighted by atomic mass is 32.2. The predicted octanol–water partition coefficient (Wildman–Crippen LogP) is 2.97. The van der Waals surface area contributed by atoms with Gasteiger partial charge in [-0.3, -0.25) is 4.90 Å². The fraction of sp³-hybridized carbons (Fsp3) is 0.588. The van der Waals surface area contributed by atoms with E-state index in [1.165, 1.54) is 4.90 Å². The lowest BCUT2D eigenvalue weighted by Crippen LogP contribution is -2.57. The zero-order valence-corrected chi connectivity index (χ0v) is 15.4. The Morgan fingerprint density at radius 3 is 2.29 bits per heavy atom. The first kappa shape index (κ1) is 18.7. The molecule has 134 valence electrons. The number of benzene rings is 1. The molecule has 7 heteroatoms. The summed E-state index contributed by atoms with van der Waals surface area (Å²) in [6.07, 6.45) is 1.07. The molecular weight excluding hydrogens is 328 g/mol. The van der Waals surface area contributed by atoms with Crippen LogP contribution in [-0.4, -0.2) is 42.1 Å². The summed E-state index contributed by atoms with van der Waals surface area (Å²) >= 11 is 0. The van der Waals surface area contributed by atoms with Crippen LogP contribution in [0.15, 0.2) is 29.2 Å². The lowest BCUT2D eigenvalue weighted by Gasteiger charge is -2.40. The molecule has 1 fully saturated rings. The molecule has 0 spiro atoms. The molecule has 1 aromatic rings. The molecule has 2 N–H and O–H groups in total. The van der Waals surface area contributed by atoms with Gasteiger partial charge in [-0.2, -0.15) is 0 Å². The van der Waals surface area contributed by atoms with Gasteiger partial charge in [-0.15, -0.1) is 0 Å². The van der Waals surface area contributed by atoms with E-state index in [1.807, 2.05) is 27.7 Å². The Balaban J connectivity index is 2.24. The largest absolute Gasteiger partial charge is 0.465 e. The van der Waals surface area contributed by atoms with Crippen molar-refractivity contribution in [3.8, 4) is 0 Å². The summed E-state index contributed by atoms with van der Waals surface area (Å²) in [5.74, 6) is 0. The average Bonchev–Trinajstić information content (AvgIpc) is 2.84. The molecule has 2 atom stereocenters. The van der Waals surface area contributed by atoms with E-state index < -0.39 is 27.7 Å². The second kappa shape index (κ2) is 6.72. The molecule has 6 nitrogen and oxygen atoms in total. The van der Waals surface area contributed by atoms with Crippen LogP contribution in [0.5, 0.6) is 0 Å². The Morgan fingerprint density at radius 1 is 1.21 bits per heavy atom. The van der Waals surface area contributed by atoms with Gasteiger partial charge in [0.15, 0.2) is 0 Å². The molecule has 0 aliphatic heterocycles. The van der Waals surface area contributed by atoms with Crippen LogP contribution in [0.4, 0.5) is 4.79 Å². The molecule has 1 aromatic carbocycles. The molecule has 1 amide bonds. The van der Waals surface area contributed by atoms with E-state index in [-0.39, 0.29) is 10.9 Å². The van der Waals surface area contributed by atoms with Crippen LogP contribution >= 0.6 is 0 Å². The van der Waals surface area contributed by atoms with Crippen molar-refractivity contribution in [2.45, 2.75) is 69.5 Å². The average molecular weight is 354 g/mol. The predicted molar refractivity (Wildman–Crippen MR) is 92.5 cm³/mol. The first-order chi connectivity index (χ1) is 11.0. The van der Waals surface area contributed by atoms with Gasteiger partial charge in [0.25, 0.3) is 0 Å². The van der Waals surface area contributed by atoms with E-state index in [4.69, 9.17) is 0 Å². The molecule has 0 heterocycles. The van der Waals surface area contributed by atoms with Gasteiger partial charge in [-0.1, -0.05) is 17.7 Å². The Bertz CT molecular complexity index is 692. The van der Waals surface area contributed by atoms with Gasteiger partial charge in [-0.25, -0.2) is 17.9 Å². The number of hydrogen-bond donors (Lipinski definition) is 2. The topological polar surface area (TPSA) is 86.7 Å². The molecule has 0 radical (unpaired) electrons. The Labute approximate surface area is 143 Å². The number of aryl methyl sites for hydroxylation is 1. The minimum absolute atomic E-state index is 0.205. The number of carbonyl (C=O) groups is 1. The van der Waals surface area contributed by atoms with Crippen molar-refractivity contribution in [1.29, 1.82) is 0 Å². The Morgan fingerprint density at radius 2 is 1.79 bits per heavy atom. The van der Waals surface area contributed by atoms with Crippen molar-refractivity contribution < 1.29 is 18.3 Å². The number of amides is 1. The van der Waals surface area contributed by atoms with Crippen LogP contribution in [0, 0.1) is 6.92 Å². The summed E-state index contributed by atoms with van der Waals surface area (Å²) in [7, 11) is -3.67. The van der Waals surface area contributed by atoms with E-state index in [0.717, 1.165) is 12.0 Å². The standard InChI is InChI=1S/C17H26N2O4S/c1-12-8-10-13(11-9-12)24(22,23)18-14-6-5-7-15(14)19(16(20)21)17(2,3)4/h8-11,14-15,18H,5-7H2,1-4H3,(H,20,21). The maximum atomic E-state index is 12.6. The van der Waals surface area contributed by atoms with Gasteiger partial charge in [0.2, 0.25) is 10.0 Å². The molecule has 2 unspecified atom stereocenters. The maximum Gasteiger partial charge on any atom is 0.408 e. The smallest absolute Gasteiger partial charge is 0.408 e. The lowest BCUT2D eigenvalue weighted by atomic mass is 10.0. The molecule has 0 bridgehead atoms. The highest BCUT2D eigenvalue weighted by Gasteiger charge is 2.41. The molecule has 1 aliphatic carbocycles. The second-order valence-electron chi connectivity index (χ2n) is 7.36. The summed E-state index contributed by atoms with van der Waals surface area (Å²) < 4.78 is 27.9. The van der Waals surface area contributed by atoms with Crippen molar-refractivity contribution >= 4 is 16.1 Å². The van der Waals surface area contributed by atoms with Crippen LogP contribution in [0.25, 0.3) is 0 Å². The SMILES string of the molecule is Cc1ccc(S(=O)(=O)NC2CCCC2N(C(=O)O)C(C)(C)C)cc1. The third-order valence-electron chi connectivity index (χ3n) is 4.38. The number of carboxylic acid groups (broad SMARTS) is 1. The molecule has 1 aliphatic rings. The van der Waals surface area contributed by atoms with E-state index >= 15 is 0 Å². The first-order valence-corrected chi connectivity index (χ1v) is 9.62. The molecular formula is C17H26N2O4S. The van der Waals surface area contributed by atoms with Crippen molar-refractivity contribution in [1.82, 2.24) is 9.62 Å². The zero-order chi connectivity index (χ0) is 18.1. The van der Waals surface area contributed by atoms with Crippen LogP contribution in [-0.2, 0) is 10.0 Å². The van der Waals surface area contributed by atoms with Crippen molar-refractivity contribution in [2.24, 2.45) is 0 Å². The van der Waals surface area contributed by atoms with Crippen LogP contribution in [0.1, 0.15) is 45.6 Å².